The van der Waals surface area contributed by atoms with Gasteiger partial charge in [0, 0.05) is 11.4 Å². The second kappa shape index (κ2) is 6.03. The van der Waals surface area contributed by atoms with Crippen LogP contribution in [-0.4, -0.2) is 0 Å². The van der Waals surface area contributed by atoms with Gasteiger partial charge in [0.25, 0.3) is 0 Å². The minimum atomic E-state index is 0.639. The van der Waals surface area contributed by atoms with Crippen LogP contribution >= 0.6 is 63.7 Å². The highest BCUT2D eigenvalue weighted by molar-refractivity contribution is 9.11. The molecule has 0 heterocycles. The third-order valence-corrected chi connectivity index (χ3v) is 4.60. The van der Waals surface area contributed by atoms with Crippen molar-refractivity contribution in [1.29, 1.82) is 0 Å². The van der Waals surface area contributed by atoms with E-state index in [1.54, 1.807) is 24.3 Å². The highest BCUT2D eigenvalue weighted by Crippen LogP contribution is 2.43. The molecular formula is C12H8Br4N2O. The van der Waals surface area contributed by atoms with Crippen molar-refractivity contribution in [2.75, 3.05) is 11.5 Å². The van der Waals surface area contributed by atoms with Gasteiger partial charge in [0.2, 0.25) is 0 Å². The molecule has 0 radical (unpaired) electrons. The van der Waals surface area contributed by atoms with E-state index in [1.807, 2.05) is 0 Å². The second-order valence-electron chi connectivity index (χ2n) is 3.73. The normalized spacial score (nSPS) is 10.5. The molecule has 0 spiro atoms. The van der Waals surface area contributed by atoms with Gasteiger partial charge < -0.3 is 16.2 Å². The molecule has 4 N–H and O–H groups in total. The third kappa shape index (κ3) is 3.45. The number of ether oxygens (including phenoxy) is 1. The number of rotatable bonds is 2. The Labute approximate surface area is 144 Å². The van der Waals surface area contributed by atoms with Crippen molar-refractivity contribution in [2.45, 2.75) is 0 Å². The summed E-state index contributed by atoms with van der Waals surface area (Å²) in [5, 5.41) is 0. The van der Waals surface area contributed by atoms with Gasteiger partial charge >= 0.3 is 0 Å². The lowest BCUT2D eigenvalue weighted by atomic mass is 10.3. The van der Waals surface area contributed by atoms with Gasteiger partial charge in [-0.15, -0.1) is 0 Å². The molecular weight excluding hydrogens is 508 g/mol. The average Bonchev–Trinajstić information content (AvgIpc) is 2.25. The molecule has 3 nitrogen and oxygen atoms in total. The zero-order valence-electron chi connectivity index (χ0n) is 9.38. The molecule has 0 aromatic heterocycles. The molecule has 0 aliphatic rings. The van der Waals surface area contributed by atoms with Gasteiger partial charge in [0.1, 0.15) is 0 Å². The Bertz CT molecular complexity index is 544. The Balaban J connectivity index is 2.48. The van der Waals surface area contributed by atoms with Crippen LogP contribution < -0.4 is 16.2 Å². The molecule has 0 bridgehead atoms. The predicted octanol–water partition coefficient (Wildman–Crippen LogP) is 5.69. The first kappa shape index (κ1) is 15.2. The molecule has 0 saturated carbocycles. The van der Waals surface area contributed by atoms with Gasteiger partial charge in [0.15, 0.2) is 11.5 Å². The number of nitrogen functional groups attached to an aromatic ring is 2. The van der Waals surface area contributed by atoms with Crippen LogP contribution in [0, 0.1) is 0 Å². The summed E-state index contributed by atoms with van der Waals surface area (Å²) in [4.78, 5) is 0. The van der Waals surface area contributed by atoms with Crippen molar-refractivity contribution in [2.24, 2.45) is 0 Å². The standard InChI is InChI=1S/C12H8Br4N2O/c13-7-1-5(17)2-8(14)11(7)19-12-9(15)3-6(18)4-10(12)16/h1-4H,17-18H2. The number of benzene rings is 2. The first-order valence-electron chi connectivity index (χ1n) is 5.05. The molecule has 0 aliphatic carbocycles. The Kier molecular flexibility index (Phi) is 4.81. The molecule has 2 rings (SSSR count). The molecule has 7 heteroatoms. The fraction of sp³-hybridized carbons (Fsp3) is 0. The van der Waals surface area contributed by atoms with E-state index in [0.717, 1.165) is 17.9 Å². The predicted molar refractivity (Wildman–Crippen MR) is 92.6 cm³/mol. The maximum Gasteiger partial charge on any atom is 0.156 e. The lowest BCUT2D eigenvalue weighted by Crippen LogP contribution is -1.93. The number of hydrogen-bond acceptors (Lipinski definition) is 3. The molecule has 0 amide bonds. The van der Waals surface area contributed by atoms with Crippen LogP contribution in [-0.2, 0) is 0 Å². The minimum Gasteiger partial charge on any atom is -0.453 e. The van der Waals surface area contributed by atoms with E-state index in [0.29, 0.717) is 22.9 Å². The SMILES string of the molecule is Nc1cc(Br)c(Oc2c(Br)cc(N)cc2Br)c(Br)c1. The van der Waals surface area contributed by atoms with Gasteiger partial charge in [-0.25, -0.2) is 0 Å². The Hall–Kier alpha value is -0.240. The number of anilines is 2. The minimum absolute atomic E-state index is 0.639. The molecule has 0 fully saturated rings. The zero-order valence-corrected chi connectivity index (χ0v) is 15.7. The smallest absolute Gasteiger partial charge is 0.156 e. The average molecular weight is 516 g/mol. The van der Waals surface area contributed by atoms with E-state index in [9.17, 15) is 0 Å². The summed E-state index contributed by atoms with van der Waals surface area (Å²) in [6.45, 7) is 0. The number of halogens is 4. The molecule has 0 unspecified atom stereocenters. The Morgan fingerprint density at radius 3 is 1.16 bits per heavy atom. The van der Waals surface area contributed by atoms with Crippen LogP contribution in [0.3, 0.4) is 0 Å². The number of hydrogen-bond donors (Lipinski definition) is 2. The van der Waals surface area contributed by atoms with Crippen LogP contribution in [0.4, 0.5) is 11.4 Å². The first-order chi connectivity index (χ1) is 8.88. The van der Waals surface area contributed by atoms with Crippen molar-refractivity contribution in [3.8, 4) is 11.5 Å². The highest BCUT2D eigenvalue weighted by atomic mass is 79.9. The molecule has 19 heavy (non-hydrogen) atoms. The quantitative estimate of drug-likeness (QED) is 0.505. The monoisotopic (exact) mass is 512 g/mol. The van der Waals surface area contributed by atoms with E-state index in [-0.39, 0.29) is 0 Å². The summed E-state index contributed by atoms with van der Waals surface area (Å²) >= 11 is 13.7. The van der Waals surface area contributed by atoms with Crippen LogP contribution in [0.2, 0.25) is 0 Å². The molecule has 0 atom stereocenters. The summed E-state index contributed by atoms with van der Waals surface area (Å²) in [6, 6.07) is 7.11. The van der Waals surface area contributed by atoms with E-state index < -0.39 is 0 Å². The second-order valence-corrected chi connectivity index (χ2v) is 7.15. The summed E-state index contributed by atoms with van der Waals surface area (Å²) in [7, 11) is 0. The van der Waals surface area contributed by atoms with Crippen molar-refractivity contribution < 1.29 is 4.74 Å². The van der Waals surface area contributed by atoms with Crippen molar-refractivity contribution in [3.63, 3.8) is 0 Å². The van der Waals surface area contributed by atoms with Crippen LogP contribution in [0.1, 0.15) is 0 Å². The largest absolute Gasteiger partial charge is 0.453 e. The fourth-order valence-corrected chi connectivity index (χ4v) is 4.22. The fourth-order valence-electron chi connectivity index (χ4n) is 1.46. The lowest BCUT2D eigenvalue weighted by molar-refractivity contribution is 0.471. The number of nitrogens with two attached hydrogens (primary N) is 2. The lowest BCUT2D eigenvalue weighted by Gasteiger charge is -2.14. The maximum atomic E-state index is 5.91. The van der Waals surface area contributed by atoms with Gasteiger partial charge in [-0.3, -0.25) is 0 Å². The Morgan fingerprint density at radius 2 is 0.895 bits per heavy atom. The van der Waals surface area contributed by atoms with Gasteiger partial charge in [-0.1, -0.05) is 0 Å². The molecule has 2 aromatic rings. The molecule has 2 aromatic carbocycles. The molecule has 0 aliphatic heterocycles. The van der Waals surface area contributed by atoms with Gasteiger partial charge in [-0.05, 0) is 88.0 Å². The van der Waals surface area contributed by atoms with Gasteiger partial charge in [-0.2, -0.15) is 0 Å². The molecule has 0 saturated heterocycles. The van der Waals surface area contributed by atoms with Crippen molar-refractivity contribution in [3.05, 3.63) is 42.2 Å². The summed E-state index contributed by atoms with van der Waals surface area (Å²) < 4.78 is 8.95. The topological polar surface area (TPSA) is 61.3 Å². The van der Waals surface area contributed by atoms with Crippen molar-refractivity contribution in [1.82, 2.24) is 0 Å². The summed E-state index contributed by atoms with van der Waals surface area (Å²) in [6.07, 6.45) is 0. The van der Waals surface area contributed by atoms with Gasteiger partial charge in [0.05, 0.1) is 17.9 Å². The zero-order chi connectivity index (χ0) is 14.2. The summed E-state index contributed by atoms with van der Waals surface area (Å²) in [5.74, 6) is 1.28. The first-order valence-corrected chi connectivity index (χ1v) is 8.22. The molecule has 100 valence electrons. The maximum absolute atomic E-state index is 5.91. The van der Waals surface area contributed by atoms with Crippen LogP contribution in [0.5, 0.6) is 11.5 Å². The van der Waals surface area contributed by atoms with Crippen LogP contribution in [0.15, 0.2) is 42.2 Å². The van der Waals surface area contributed by atoms with E-state index in [4.69, 9.17) is 16.2 Å². The van der Waals surface area contributed by atoms with Crippen molar-refractivity contribution >= 4 is 75.1 Å². The third-order valence-electron chi connectivity index (χ3n) is 2.25. The van der Waals surface area contributed by atoms with Crippen LogP contribution in [0.25, 0.3) is 0 Å². The van der Waals surface area contributed by atoms with E-state index in [1.165, 1.54) is 0 Å². The summed E-state index contributed by atoms with van der Waals surface area (Å²) in [5.41, 5.74) is 12.8. The highest BCUT2D eigenvalue weighted by Gasteiger charge is 2.14. The Morgan fingerprint density at radius 1 is 0.632 bits per heavy atom. The van der Waals surface area contributed by atoms with E-state index in [2.05, 4.69) is 63.7 Å². The van der Waals surface area contributed by atoms with E-state index >= 15 is 0 Å².